The average molecular weight is 314 g/mol. The van der Waals surface area contributed by atoms with Crippen LogP contribution in [0.4, 0.5) is 5.13 Å². The Morgan fingerprint density at radius 1 is 1.35 bits per heavy atom. The van der Waals surface area contributed by atoms with Crippen molar-refractivity contribution in [3.8, 4) is 0 Å². The zero-order valence-corrected chi connectivity index (χ0v) is 12.8. The molecule has 2 atom stereocenters. The topological polar surface area (TPSA) is 95.0 Å². The first kappa shape index (κ1) is 15.2. The molecule has 1 aromatic heterocycles. The van der Waals surface area contributed by atoms with Crippen LogP contribution in [0.2, 0.25) is 0 Å². The largest absolute Gasteiger partial charge is 0.550 e. The summed E-state index contributed by atoms with van der Waals surface area (Å²) in [5, 5.41) is 22.0. The van der Waals surface area contributed by atoms with Gasteiger partial charge >= 0.3 is 0 Å². The lowest BCUT2D eigenvalue weighted by molar-refractivity contribution is -0.313. The fraction of sp³-hybridized carbons (Fsp3) is 0.667. The van der Waals surface area contributed by atoms with Gasteiger partial charge in [0.15, 0.2) is 4.34 Å². The van der Waals surface area contributed by atoms with Gasteiger partial charge in [0.25, 0.3) is 0 Å². The molecule has 1 aliphatic rings. The maximum atomic E-state index is 12.2. The lowest BCUT2D eigenvalue weighted by Crippen LogP contribution is -2.42. The maximum absolute atomic E-state index is 12.2. The van der Waals surface area contributed by atoms with E-state index in [1.807, 2.05) is 6.92 Å². The summed E-state index contributed by atoms with van der Waals surface area (Å²) in [4.78, 5) is 23.3. The zero-order chi connectivity index (χ0) is 14.5. The average Bonchev–Trinajstić information content (AvgIpc) is 2.86. The maximum Gasteiger partial charge on any atom is 0.229 e. The summed E-state index contributed by atoms with van der Waals surface area (Å²) in [6.07, 6.45) is 2.79. The van der Waals surface area contributed by atoms with E-state index in [1.54, 1.807) is 11.8 Å². The summed E-state index contributed by atoms with van der Waals surface area (Å²) in [7, 11) is 0. The first-order valence-electron chi connectivity index (χ1n) is 6.59. The second-order valence-corrected chi connectivity index (χ2v) is 7.10. The van der Waals surface area contributed by atoms with Crippen molar-refractivity contribution in [2.45, 2.75) is 36.9 Å². The number of nitrogens with one attached hydrogen (secondary N) is 1. The molecule has 1 amide bonds. The van der Waals surface area contributed by atoms with Crippen molar-refractivity contribution in [2.75, 3.05) is 11.1 Å². The number of carbonyl (C=O) groups excluding carboxylic acids is 2. The first-order chi connectivity index (χ1) is 9.61. The molecule has 20 heavy (non-hydrogen) atoms. The molecule has 1 saturated carbocycles. The highest BCUT2D eigenvalue weighted by Crippen LogP contribution is 2.31. The van der Waals surface area contributed by atoms with E-state index in [4.69, 9.17) is 0 Å². The van der Waals surface area contributed by atoms with Crippen molar-refractivity contribution in [3.05, 3.63) is 0 Å². The molecule has 8 heteroatoms. The van der Waals surface area contributed by atoms with Crippen LogP contribution in [0.1, 0.15) is 32.6 Å². The number of anilines is 1. The zero-order valence-electron chi connectivity index (χ0n) is 11.1. The smallest absolute Gasteiger partial charge is 0.229 e. The summed E-state index contributed by atoms with van der Waals surface area (Å²) in [5.41, 5.74) is 0. The Morgan fingerprint density at radius 2 is 2.05 bits per heavy atom. The van der Waals surface area contributed by atoms with Crippen LogP contribution in [0.15, 0.2) is 4.34 Å². The molecule has 110 valence electrons. The van der Waals surface area contributed by atoms with Gasteiger partial charge in [-0.15, -0.1) is 10.2 Å². The number of carboxylic acid groups (broad SMARTS) is 1. The monoisotopic (exact) mass is 314 g/mol. The molecule has 6 nitrogen and oxygen atoms in total. The summed E-state index contributed by atoms with van der Waals surface area (Å²) >= 11 is 2.86. The number of rotatable bonds is 5. The molecular weight excluding hydrogens is 298 g/mol. The minimum atomic E-state index is -1.13. The molecule has 0 spiro atoms. The summed E-state index contributed by atoms with van der Waals surface area (Å²) in [6.45, 7) is 2.01. The number of hydrogen-bond donors (Lipinski definition) is 1. The lowest BCUT2D eigenvalue weighted by Gasteiger charge is -2.30. The van der Waals surface area contributed by atoms with Gasteiger partial charge in [0, 0.05) is 17.8 Å². The predicted octanol–water partition coefficient (Wildman–Crippen LogP) is 1.14. The third kappa shape index (κ3) is 3.69. The van der Waals surface area contributed by atoms with Crippen LogP contribution in [0.25, 0.3) is 0 Å². The molecule has 2 unspecified atom stereocenters. The molecule has 0 saturated heterocycles. The van der Waals surface area contributed by atoms with Crippen molar-refractivity contribution in [3.63, 3.8) is 0 Å². The normalized spacial score (nSPS) is 22.4. The summed E-state index contributed by atoms with van der Waals surface area (Å²) in [5.74, 6) is -1.76. The van der Waals surface area contributed by atoms with Gasteiger partial charge < -0.3 is 15.2 Å². The van der Waals surface area contributed by atoms with Gasteiger partial charge in [0.05, 0.1) is 0 Å². The molecule has 1 fully saturated rings. The van der Waals surface area contributed by atoms with Crippen LogP contribution in [-0.4, -0.2) is 27.8 Å². The van der Waals surface area contributed by atoms with Crippen LogP contribution >= 0.6 is 23.1 Å². The van der Waals surface area contributed by atoms with E-state index in [9.17, 15) is 14.7 Å². The van der Waals surface area contributed by atoms with E-state index < -0.39 is 17.8 Å². The molecule has 0 bridgehead atoms. The number of carboxylic acids is 1. The van der Waals surface area contributed by atoms with E-state index in [1.165, 1.54) is 11.3 Å². The fourth-order valence-electron chi connectivity index (χ4n) is 2.37. The van der Waals surface area contributed by atoms with Crippen LogP contribution in [-0.2, 0) is 9.59 Å². The van der Waals surface area contributed by atoms with Gasteiger partial charge in [-0.25, -0.2) is 0 Å². The first-order valence-corrected chi connectivity index (χ1v) is 8.40. The Bertz CT molecular complexity index is 492. The highest BCUT2D eigenvalue weighted by molar-refractivity contribution is 8.01. The number of aromatic nitrogens is 2. The Balaban J connectivity index is 2.00. The van der Waals surface area contributed by atoms with Crippen LogP contribution in [0, 0.1) is 11.8 Å². The lowest BCUT2D eigenvalue weighted by atomic mass is 9.79. The molecular formula is C12H16N3O3S2-. The highest BCUT2D eigenvalue weighted by Gasteiger charge is 2.32. The molecule has 0 aliphatic heterocycles. The molecule has 1 aromatic rings. The number of aliphatic carboxylic acids is 1. The van der Waals surface area contributed by atoms with Gasteiger partial charge in [-0.2, -0.15) is 0 Å². The quantitative estimate of drug-likeness (QED) is 0.647. The van der Waals surface area contributed by atoms with E-state index in [-0.39, 0.29) is 5.91 Å². The predicted molar refractivity (Wildman–Crippen MR) is 75.4 cm³/mol. The molecule has 1 aliphatic carbocycles. The minimum absolute atomic E-state index is 0.289. The second kappa shape index (κ2) is 7.03. The standard InChI is InChI=1S/C12H17N3O3S2/c1-2-19-12-15-14-11(20-12)13-9(16)7-5-3-4-6-8(7)10(17)18/h7-8H,2-6H2,1H3,(H,17,18)(H,13,14,16)/p-1. The molecule has 0 radical (unpaired) electrons. The number of amides is 1. The molecule has 1 N–H and O–H groups in total. The Kier molecular flexibility index (Phi) is 5.36. The van der Waals surface area contributed by atoms with Crippen LogP contribution < -0.4 is 10.4 Å². The summed E-state index contributed by atoms with van der Waals surface area (Å²) < 4.78 is 0.794. The third-order valence-corrected chi connectivity index (χ3v) is 5.16. The van der Waals surface area contributed by atoms with E-state index in [0.29, 0.717) is 18.0 Å². The Labute approximate surface area is 125 Å². The highest BCUT2D eigenvalue weighted by atomic mass is 32.2. The Hall–Kier alpha value is -1.15. The van der Waals surface area contributed by atoms with Crippen molar-refractivity contribution >= 4 is 40.1 Å². The molecule has 0 aromatic carbocycles. The number of nitrogens with zero attached hydrogens (tertiary/aromatic N) is 2. The van der Waals surface area contributed by atoms with Crippen LogP contribution in [0.5, 0.6) is 0 Å². The van der Waals surface area contributed by atoms with Crippen LogP contribution in [0.3, 0.4) is 0 Å². The number of thioether (sulfide) groups is 1. The fourth-order valence-corrected chi connectivity index (χ4v) is 4.02. The van der Waals surface area contributed by atoms with Crippen molar-refractivity contribution < 1.29 is 14.7 Å². The van der Waals surface area contributed by atoms with Crippen molar-refractivity contribution in [1.82, 2.24) is 10.2 Å². The SMILES string of the molecule is CCSc1nnc(NC(=O)C2CCCCC2C(=O)[O-])s1. The minimum Gasteiger partial charge on any atom is -0.550 e. The van der Waals surface area contributed by atoms with E-state index in [2.05, 4.69) is 15.5 Å². The molecule has 2 rings (SSSR count). The van der Waals surface area contributed by atoms with Gasteiger partial charge in [-0.1, -0.05) is 42.9 Å². The van der Waals surface area contributed by atoms with E-state index >= 15 is 0 Å². The van der Waals surface area contributed by atoms with Gasteiger partial charge in [0.1, 0.15) is 0 Å². The third-order valence-electron chi connectivity index (χ3n) is 3.31. The van der Waals surface area contributed by atoms with Crippen molar-refractivity contribution in [2.24, 2.45) is 11.8 Å². The van der Waals surface area contributed by atoms with Crippen molar-refractivity contribution in [1.29, 1.82) is 0 Å². The van der Waals surface area contributed by atoms with Gasteiger partial charge in [-0.3, -0.25) is 4.79 Å². The number of hydrogen-bond acceptors (Lipinski definition) is 7. The molecule has 1 heterocycles. The second-order valence-electron chi connectivity index (χ2n) is 4.61. The van der Waals surface area contributed by atoms with Gasteiger partial charge in [0.2, 0.25) is 11.0 Å². The summed E-state index contributed by atoms with van der Waals surface area (Å²) in [6, 6.07) is 0. The Morgan fingerprint density at radius 3 is 2.70 bits per heavy atom. The van der Waals surface area contributed by atoms with Gasteiger partial charge in [-0.05, 0) is 18.6 Å². The number of carbonyl (C=O) groups is 2. The van der Waals surface area contributed by atoms with E-state index in [0.717, 1.165) is 22.9 Å².